The van der Waals surface area contributed by atoms with Gasteiger partial charge in [0.25, 0.3) is 5.91 Å². The number of hydrogen-bond donors (Lipinski definition) is 3. The summed E-state index contributed by atoms with van der Waals surface area (Å²) in [4.78, 5) is 26.3. The van der Waals surface area contributed by atoms with Crippen molar-refractivity contribution in [2.45, 2.75) is 6.54 Å². The molecular weight excluding hydrogens is 342 g/mol. The molecular formula is C20H21N5O2. The molecule has 0 fully saturated rings. The summed E-state index contributed by atoms with van der Waals surface area (Å²) in [5, 5.41) is 12.2. The molecule has 0 aliphatic rings. The summed E-state index contributed by atoms with van der Waals surface area (Å²) in [6.45, 7) is 0.400. The molecule has 0 saturated carbocycles. The maximum atomic E-state index is 12.6. The number of urea groups is 1. The fourth-order valence-corrected chi connectivity index (χ4v) is 2.60. The van der Waals surface area contributed by atoms with Gasteiger partial charge in [-0.25, -0.2) is 4.79 Å². The number of benzene rings is 2. The van der Waals surface area contributed by atoms with Gasteiger partial charge >= 0.3 is 6.03 Å². The number of amides is 3. The Morgan fingerprint density at radius 2 is 1.85 bits per heavy atom. The molecule has 0 radical (unpaired) electrons. The van der Waals surface area contributed by atoms with E-state index in [-0.39, 0.29) is 11.9 Å². The molecule has 138 valence electrons. The first kappa shape index (κ1) is 18.2. The number of aromatic nitrogens is 2. The van der Waals surface area contributed by atoms with Crippen molar-refractivity contribution in [2.75, 3.05) is 19.4 Å². The Bertz CT molecular complexity index is 921. The first-order chi connectivity index (χ1) is 13.0. The van der Waals surface area contributed by atoms with Crippen molar-refractivity contribution < 1.29 is 9.59 Å². The summed E-state index contributed by atoms with van der Waals surface area (Å²) in [5.41, 5.74) is 3.56. The molecule has 0 aliphatic carbocycles. The Hall–Kier alpha value is -3.61. The Morgan fingerprint density at radius 1 is 1.07 bits per heavy atom. The van der Waals surface area contributed by atoms with Gasteiger partial charge in [0.05, 0.1) is 17.4 Å². The maximum absolute atomic E-state index is 12.6. The summed E-state index contributed by atoms with van der Waals surface area (Å²) < 4.78 is 0. The average molecular weight is 363 g/mol. The number of anilines is 1. The van der Waals surface area contributed by atoms with Crippen LogP contribution >= 0.6 is 0 Å². The van der Waals surface area contributed by atoms with Crippen molar-refractivity contribution in [3.63, 3.8) is 0 Å². The number of carbonyl (C=O) groups excluding carboxylic acids is 2. The molecule has 3 amide bonds. The molecule has 0 spiro atoms. The lowest BCUT2D eigenvalue weighted by Crippen LogP contribution is -2.30. The second kappa shape index (κ2) is 8.18. The maximum Gasteiger partial charge on any atom is 0.319 e. The topological polar surface area (TPSA) is 90.1 Å². The summed E-state index contributed by atoms with van der Waals surface area (Å²) in [7, 11) is 3.35. The Labute approximate surface area is 157 Å². The molecule has 0 unspecified atom stereocenters. The lowest BCUT2D eigenvalue weighted by atomic mass is 10.0. The Kier molecular flexibility index (Phi) is 5.51. The van der Waals surface area contributed by atoms with Gasteiger partial charge in [-0.3, -0.25) is 9.89 Å². The number of rotatable bonds is 5. The molecule has 27 heavy (non-hydrogen) atoms. The van der Waals surface area contributed by atoms with Crippen molar-refractivity contribution in [3.05, 3.63) is 72.1 Å². The van der Waals surface area contributed by atoms with Crippen LogP contribution in [0.1, 0.15) is 15.9 Å². The van der Waals surface area contributed by atoms with E-state index >= 15 is 0 Å². The number of nitrogens with one attached hydrogen (secondary N) is 3. The molecule has 2 aromatic carbocycles. The minimum atomic E-state index is -0.372. The van der Waals surface area contributed by atoms with E-state index in [2.05, 4.69) is 20.8 Å². The molecule has 3 N–H and O–H groups in total. The van der Waals surface area contributed by atoms with Gasteiger partial charge in [0.1, 0.15) is 0 Å². The van der Waals surface area contributed by atoms with Gasteiger partial charge in [0.15, 0.2) is 0 Å². The molecule has 1 aromatic heterocycles. The zero-order chi connectivity index (χ0) is 19.2. The van der Waals surface area contributed by atoms with E-state index in [9.17, 15) is 9.59 Å². The van der Waals surface area contributed by atoms with E-state index in [0.717, 1.165) is 16.7 Å². The zero-order valence-corrected chi connectivity index (χ0v) is 15.2. The molecule has 7 heteroatoms. The van der Waals surface area contributed by atoms with Crippen LogP contribution in [-0.2, 0) is 6.54 Å². The van der Waals surface area contributed by atoms with Crippen LogP contribution in [0, 0.1) is 0 Å². The number of nitrogens with zero attached hydrogens (tertiary/aromatic N) is 2. The van der Waals surface area contributed by atoms with Crippen molar-refractivity contribution in [2.24, 2.45) is 0 Å². The van der Waals surface area contributed by atoms with Crippen LogP contribution in [0.15, 0.2) is 60.9 Å². The van der Waals surface area contributed by atoms with E-state index < -0.39 is 0 Å². The van der Waals surface area contributed by atoms with Gasteiger partial charge in [-0.05, 0) is 23.3 Å². The fraction of sp³-hybridized carbons (Fsp3) is 0.150. The standard InChI is InChI=1S/C20H21N5O2/c1-25(2)19(26)17-10-15(16-12-22-23-13-16)8-9-18(17)24-20(27)21-11-14-6-4-3-5-7-14/h3-10,12-13H,11H2,1-2H3,(H,22,23)(H2,21,24,27). The lowest BCUT2D eigenvalue weighted by Gasteiger charge is -2.16. The first-order valence-electron chi connectivity index (χ1n) is 8.48. The van der Waals surface area contributed by atoms with Gasteiger partial charge in [-0.1, -0.05) is 36.4 Å². The summed E-state index contributed by atoms with van der Waals surface area (Å²) in [6, 6.07) is 14.6. The third-order valence-corrected chi connectivity index (χ3v) is 4.03. The van der Waals surface area contributed by atoms with Crippen LogP contribution < -0.4 is 10.6 Å². The van der Waals surface area contributed by atoms with Crippen LogP contribution in [-0.4, -0.2) is 41.1 Å². The molecule has 3 aromatic rings. The third kappa shape index (κ3) is 4.52. The van der Waals surface area contributed by atoms with Crippen molar-refractivity contribution >= 4 is 17.6 Å². The number of aromatic amines is 1. The minimum Gasteiger partial charge on any atom is -0.345 e. The van der Waals surface area contributed by atoms with E-state index in [1.54, 1.807) is 38.6 Å². The summed E-state index contributed by atoms with van der Waals surface area (Å²) in [5.74, 6) is -0.196. The van der Waals surface area contributed by atoms with Crippen LogP contribution in [0.2, 0.25) is 0 Å². The molecule has 0 bridgehead atoms. The molecule has 7 nitrogen and oxygen atoms in total. The van der Waals surface area contributed by atoms with Gasteiger partial charge in [-0.2, -0.15) is 5.10 Å². The molecule has 0 atom stereocenters. The van der Waals surface area contributed by atoms with E-state index in [0.29, 0.717) is 17.8 Å². The molecule has 1 heterocycles. The van der Waals surface area contributed by atoms with Crippen LogP contribution in [0.3, 0.4) is 0 Å². The lowest BCUT2D eigenvalue weighted by molar-refractivity contribution is 0.0828. The summed E-state index contributed by atoms with van der Waals surface area (Å²) >= 11 is 0. The highest BCUT2D eigenvalue weighted by molar-refractivity contribution is 6.04. The van der Waals surface area contributed by atoms with Crippen LogP contribution in [0.4, 0.5) is 10.5 Å². The minimum absolute atomic E-state index is 0.196. The predicted molar refractivity (Wildman–Crippen MR) is 104 cm³/mol. The van der Waals surface area contributed by atoms with Gasteiger partial charge < -0.3 is 15.5 Å². The van der Waals surface area contributed by atoms with Crippen LogP contribution in [0.25, 0.3) is 11.1 Å². The predicted octanol–water partition coefficient (Wildman–Crippen LogP) is 3.10. The fourth-order valence-electron chi connectivity index (χ4n) is 2.60. The Morgan fingerprint density at radius 3 is 2.52 bits per heavy atom. The second-order valence-electron chi connectivity index (χ2n) is 6.24. The SMILES string of the molecule is CN(C)C(=O)c1cc(-c2cn[nH]c2)ccc1NC(=O)NCc1ccccc1. The smallest absolute Gasteiger partial charge is 0.319 e. The number of hydrogen-bond acceptors (Lipinski definition) is 3. The Balaban J connectivity index is 1.79. The van der Waals surface area contributed by atoms with Gasteiger partial charge in [0, 0.05) is 32.4 Å². The molecule has 0 aliphatic heterocycles. The monoisotopic (exact) mass is 363 g/mol. The van der Waals surface area contributed by atoms with Crippen molar-refractivity contribution in [1.82, 2.24) is 20.4 Å². The highest BCUT2D eigenvalue weighted by Crippen LogP contribution is 2.25. The van der Waals surface area contributed by atoms with Crippen molar-refractivity contribution in [1.29, 1.82) is 0 Å². The van der Waals surface area contributed by atoms with E-state index in [4.69, 9.17) is 0 Å². The van der Waals surface area contributed by atoms with Gasteiger partial charge in [0.2, 0.25) is 0 Å². The quantitative estimate of drug-likeness (QED) is 0.651. The molecule has 3 rings (SSSR count). The number of carbonyl (C=O) groups is 2. The molecule has 0 saturated heterocycles. The third-order valence-electron chi connectivity index (χ3n) is 4.03. The van der Waals surface area contributed by atoms with E-state index in [1.165, 1.54) is 4.90 Å². The zero-order valence-electron chi connectivity index (χ0n) is 15.2. The largest absolute Gasteiger partial charge is 0.345 e. The summed E-state index contributed by atoms with van der Waals surface area (Å²) in [6.07, 6.45) is 3.43. The van der Waals surface area contributed by atoms with Gasteiger partial charge in [-0.15, -0.1) is 0 Å². The number of H-pyrrole nitrogens is 1. The first-order valence-corrected chi connectivity index (χ1v) is 8.48. The highest BCUT2D eigenvalue weighted by Gasteiger charge is 2.17. The second-order valence-corrected chi connectivity index (χ2v) is 6.24. The van der Waals surface area contributed by atoms with E-state index in [1.807, 2.05) is 36.4 Å². The van der Waals surface area contributed by atoms with Crippen LogP contribution in [0.5, 0.6) is 0 Å². The van der Waals surface area contributed by atoms with Crippen molar-refractivity contribution in [3.8, 4) is 11.1 Å². The normalized spacial score (nSPS) is 10.3. The average Bonchev–Trinajstić information content (AvgIpc) is 3.21. The highest BCUT2D eigenvalue weighted by atomic mass is 16.2.